The number of hydrogen-bond donors (Lipinski definition) is 1. The smallest absolute Gasteiger partial charge is 0.0931 e. The van der Waals surface area contributed by atoms with Crippen LogP contribution in [0, 0.1) is 0 Å². The van der Waals surface area contributed by atoms with E-state index in [2.05, 4.69) is 28.4 Å². The summed E-state index contributed by atoms with van der Waals surface area (Å²) in [5.74, 6) is 0. The lowest BCUT2D eigenvalue weighted by Crippen LogP contribution is -2.43. The second-order valence-corrected chi connectivity index (χ2v) is 6.67. The van der Waals surface area contributed by atoms with Crippen molar-refractivity contribution in [1.29, 1.82) is 0 Å². The lowest BCUT2D eigenvalue weighted by Gasteiger charge is -2.31. The van der Waals surface area contributed by atoms with E-state index < -0.39 is 0 Å². The van der Waals surface area contributed by atoms with Crippen molar-refractivity contribution in [1.82, 2.24) is 10.3 Å². The van der Waals surface area contributed by atoms with Crippen molar-refractivity contribution in [2.45, 2.75) is 0 Å². The Kier molecular flexibility index (Phi) is 4.31. The molecule has 0 bridgehead atoms. The van der Waals surface area contributed by atoms with Crippen LogP contribution in [0.4, 0.5) is 5.69 Å². The molecule has 122 valence electrons. The van der Waals surface area contributed by atoms with E-state index in [9.17, 15) is 0 Å². The highest BCUT2D eigenvalue weighted by molar-refractivity contribution is 6.45. The molecule has 1 aliphatic heterocycles. The van der Waals surface area contributed by atoms with Crippen LogP contribution in [0.15, 0.2) is 48.5 Å². The van der Waals surface area contributed by atoms with E-state index in [0.717, 1.165) is 48.3 Å². The molecule has 1 fully saturated rings. The first-order valence-electron chi connectivity index (χ1n) is 8.04. The van der Waals surface area contributed by atoms with Crippen LogP contribution < -0.4 is 10.2 Å². The Morgan fingerprint density at radius 3 is 2.46 bits per heavy atom. The zero-order chi connectivity index (χ0) is 16.5. The van der Waals surface area contributed by atoms with Crippen LogP contribution in [0.5, 0.6) is 0 Å². The monoisotopic (exact) mass is 357 g/mol. The number of anilines is 1. The van der Waals surface area contributed by atoms with Crippen molar-refractivity contribution in [2.24, 2.45) is 0 Å². The Balaban J connectivity index is 1.96. The summed E-state index contributed by atoms with van der Waals surface area (Å²) in [6, 6.07) is 16.2. The van der Waals surface area contributed by atoms with Crippen LogP contribution in [-0.2, 0) is 0 Å². The molecule has 24 heavy (non-hydrogen) atoms. The Bertz CT molecular complexity index is 875. The minimum atomic E-state index is 0.517. The number of fused-ring (bicyclic) bond motifs is 1. The van der Waals surface area contributed by atoms with E-state index in [1.165, 1.54) is 5.69 Å². The van der Waals surface area contributed by atoms with E-state index in [-0.39, 0.29) is 0 Å². The van der Waals surface area contributed by atoms with Gasteiger partial charge in [0.05, 0.1) is 21.3 Å². The third kappa shape index (κ3) is 2.84. The first kappa shape index (κ1) is 15.7. The average molecular weight is 358 g/mol. The molecule has 5 heteroatoms. The molecule has 0 amide bonds. The fraction of sp³-hybridized carbons (Fsp3) is 0.211. The highest BCUT2D eigenvalue weighted by Gasteiger charge is 2.18. The van der Waals surface area contributed by atoms with Gasteiger partial charge in [-0.2, -0.15) is 0 Å². The second kappa shape index (κ2) is 6.60. The van der Waals surface area contributed by atoms with Crippen molar-refractivity contribution in [2.75, 3.05) is 31.1 Å². The number of nitrogens with zero attached hydrogens (tertiary/aromatic N) is 2. The molecule has 1 aromatic heterocycles. The van der Waals surface area contributed by atoms with Crippen LogP contribution in [0.2, 0.25) is 10.0 Å². The largest absolute Gasteiger partial charge is 0.368 e. The minimum absolute atomic E-state index is 0.517. The Labute approximate surface area is 151 Å². The Morgan fingerprint density at radius 1 is 0.958 bits per heavy atom. The highest BCUT2D eigenvalue weighted by Crippen LogP contribution is 2.37. The van der Waals surface area contributed by atoms with Gasteiger partial charge < -0.3 is 10.2 Å². The minimum Gasteiger partial charge on any atom is -0.368 e. The number of benzene rings is 2. The molecule has 1 aliphatic rings. The highest BCUT2D eigenvalue weighted by atomic mass is 35.5. The van der Waals surface area contributed by atoms with Gasteiger partial charge in [-0.3, -0.25) is 0 Å². The van der Waals surface area contributed by atoms with Crippen LogP contribution in [0.1, 0.15) is 0 Å². The summed E-state index contributed by atoms with van der Waals surface area (Å²) < 4.78 is 0. The SMILES string of the molecule is Clc1ccc2c(N3CCNCC3)cc(-c3ccccc3)nc2c1Cl. The van der Waals surface area contributed by atoms with Gasteiger partial charge in [-0.05, 0) is 18.2 Å². The third-order valence-corrected chi connectivity index (χ3v) is 5.17. The van der Waals surface area contributed by atoms with E-state index in [1.54, 1.807) is 0 Å². The summed E-state index contributed by atoms with van der Waals surface area (Å²) in [5.41, 5.74) is 3.92. The van der Waals surface area contributed by atoms with E-state index in [0.29, 0.717) is 10.0 Å². The molecule has 0 unspecified atom stereocenters. The molecule has 1 saturated heterocycles. The van der Waals surface area contributed by atoms with Crippen molar-refractivity contribution in [3.63, 3.8) is 0 Å². The van der Waals surface area contributed by atoms with Gasteiger partial charge in [-0.15, -0.1) is 0 Å². The van der Waals surface area contributed by atoms with Crippen LogP contribution in [0.25, 0.3) is 22.2 Å². The molecular formula is C19H17Cl2N3. The number of rotatable bonds is 2. The summed E-state index contributed by atoms with van der Waals surface area (Å²) in [4.78, 5) is 7.19. The molecule has 0 atom stereocenters. The van der Waals surface area contributed by atoms with Gasteiger partial charge >= 0.3 is 0 Å². The fourth-order valence-electron chi connectivity index (χ4n) is 3.14. The molecule has 4 rings (SSSR count). The number of aromatic nitrogens is 1. The number of halogens is 2. The summed E-state index contributed by atoms with van der Waals surface area (Å²) in [6.07, 6.45) is 0. The Morgan fingerprint density at radius 2 is 1.71 bits per heavy atom. The Hall–Kier alpha value is -1.81. The van der Waals surface area contributed by atoms with Crippen molar-refractivity contribution in [3.8, 4) is 11.3 Å². The topological polar surface area (TPSA) is 28.2 Å². The number of hydrogen-bond acceptors (Lipinski definition) is 3. The fourth-order valence-corrected chi connectivity index (χ4v) is 3.50. The maximum Gasteiger partial charge on any atom is 0.0931 e. The van der Waals surface area contributed by atoms with Crippen molar-refractivity contribution in [3.05, 3.63) is 58.6 Å². The summed E-state index contributed by atoms with van der Waals surface area (Å²) in [5, 5.41) is 5.49. The summed E-state index contributed by atoms with van der Waals surface area (Å²) in [7, 11) is 0. The molecule has 0 radical (unpaired) electrons. The molecule has 2 heterocycles. The summed E-state index contributed by atoms with van der Waals surface area (Å²) in [6.45, 7) is 3.89. The van der Waals surface area contributed by atoms with E-state index >= 15 is 0 Å². The van der Waals surface area contributed by atoms with Crippen LogP contribution >= 0.6 is 23.2 Å². The first-order valence-corrected chi connectivity index (χ1v) is 8.79. The maximum atomic E-state index is 6.47. The van der Waals surface area contributed by atoms with Gasteiger partial charge in [-0.25, -0.2) is 4.98 Å². The predicted octanol–water partition coefficient (Wildman–Crippen LogP) is 4.62. The number of nitrogens with one attached hydrogen (secondary N) is 1. The quantitative estimate of drug-likeness (QED) is 0.725. The van der Waals surface area contributed by atoms with Gasteiger partial charge in [0, 0.05) is 42.8 Å². The lowest BCUT2D eigenvalue weighted by molar-refractivity contribution is 0.590. The van der Waals surface area contributed by atoms with Crippen molar-refractivity contribution < 1.29 is 0 Å². The average Bonchev–Trinajstić information content (AvgIpc) is 2.65. The zero-order valence-corrected chi connectivity index (χ0v) is 14.6. The molecule has 0 saturated carbocycles. The molecule has 0 spiro atoms. The maximum absolute atomic E-state index is 6.47. The van der Waals surface area contributed by atoms with Crippen LogP contribution in [0.3, 0.4) is 0 Å². The lowest BCUT2D eigenvalue weighted by atomic mass is 10.1. The van der Waals surface area contributed by atoms with Gasteiger partial charge in [0.1, 0.15) is 0 Å². The third-order valence-electron chi connectivity index (χ3n) is 4.38. The normalized spacial score (nSPS) is 15.0. The number of piperazine rings is 1. The zero-order valence-electron chi connectivity index (χ0n) is 13.1. The second-order valence-electron chi connectivity index (χ2n) is 5.89. The van der Waals surface area contributed by atoms with Gasteiger partial charge in [0.2, 0.25) is 0 Å². The van der Waals surface area contributed by atoms with Gasteiger partial charge in [-0.1, -0.05) is 53.5 Å². The number of pyridine rings is 1. The predicted molar refractivity (Wildman–Crippen MR) is 102 cm³/mol. The van der Waals surface area contributed by atoms with Gasteiger partial charge in [0.15, 0.2) is 0 Å². The first-order chi connectivity index (χ1) is 11.7. The molecule has 0 aliphatic carbocycles. The molecular weight excluding hydrogens is 341 g/mol. The van der Waals surface area contributed by atoms with E-state index in [4.69, 9.17) is 28.2 Å². The van der Waals surface area contributed by atoms with Crippen molar-refractivity contribution >= 4 is 39.8 Å². The molecule has 2 aromatic carbocycles. The summed E-state index contributed by atoms with van der Waals surface area (Å²) >= 11 is 12.7. The standard InChI is InChI=1S/C19H17Cl2N3/c20-15-7-6-14-17(24-10-8-22-9-11-24)12-16(23-19(14)18(15)21)13-4-2-1-3-5-13/h1-7,12,22H,8-11H2. The molecule has 1 N–H and O–H groups in total. The van der Waals surface area contributed by atoms with Crippen LogP contribution in [-0.4, -0.2) is 31.2 Å². The van der Waals surface area contributed by atoms with Gasteiger partial charge in [0.25, 0.3) is 0 Å². The molecule has 3 nitrogen and oxygen atoms in total. The van der Waals surface area contributed by atoms with E-state index in [1.807, 2.05) is 30.3 Å². The molecule has 3 aromatic rings.